The van der Waals surface area contributed by atoms with Crippen LogP contribution in [0.15, 0.2) is 47.4 Å². The molecule has 7 heteroatoms. The summed E-state index contributed by atoms with van der Waals surface area (Å²) in [6.07, 6.45) is -3.82. The maximum atomic E-state index is 12.6. The Hall–Kier alpha value is -2.51. The van der Waals surface area contributed by atoms with Crippen LogP contribution in [0, 0.1) is 5.92 Å². The predicted molar refractivity (Wildman–Crippen MR) is 97.1 cm³/mol. The molecular formula is C19H23N3O4. The highest BCUT2D eigenvalue weighted by Gasteiger charge is 2.42. The molecule has 1 saturated heterocycles. The van der Waals surface area contributed by atoms with Crippen molar-refractivity contribution in [2.75, 3.05) is 12.4 Å². The van der Waals surface area contributed by atoms with E-state index < -0.39 is 49.4 Å². The van der Waals surface area contributed by atoms with E-state index in [9.17, 15) is 9.59 Å². The minimum absolute atomic E-state index is 0.0109. The molecule has 1 fully saturated rings. The van der Waals surface area contributed by atoms with Crippen molar-refractivity contribution in [2.24, 2.45) is 5.92 Å². The van der Waals surface area contributed by atoms with Crippen molar-refractivity contribution in [2.45, 2.75) is 38.7 Å². The first kappa shape index (κ1) is 12.8. The number of rotatable bonds is 5. The molecule has 0 bridgehead atoms. The van der Waals surface area contributed by atoms with Crippen LogP contribution in [0.2, 0.25) is 0 Å². The fraction of sp³-hybridized carbons (Fsp3) is 0.421. The minimum atomic E-state index is -2.77. The number of nitrogens with zero attached hydrogens (tertiary/aromatic N) is 2. The number of methoxy groups -OCH3 is 1. The lowest BCUT2D eigenvalue weighted by molar-refractivity contribution is -0.0529. The zero-order chi connectivity index (χ0) is 23.0. The molecular weight excluding hydrogens is 334 g/mol. The second-order valence-corrected chi connectivity index (χ2v) is 6.00. The average Bonchev–Trinajstić information content (AvgIpc) is 2.98. The fourth-order valence-electron chi connectivity index (χ4n) is 2.96. The molecule has 0 saturated carbocycles. The second kappa shape index (κ2) is 7.80. The lowest BCUT2D eigenvalue weighted by Gasteiger charge is -2.21. The van der Waals surface area contributed by atoms with Gasteiger partial charge in [0.15, 0.2) is 6.23 Å². The number of hydrogen-bond acceptors (Lipinski definition) is 5. The quantitative estimate of drug-likeness (QED) is 0.883. The van der Waals surface area contributed by atoms with Crippen molar-refractivity contribution in [3.05, 3.63) is 58.6 Å². The maximum absolute atomic E-state index is 12.6. The van der Waals surface area contributed by atoms with Crippen LogP contribution < -0.4 is 11.0 Å². The maximum Gasteiger partial charge on any atom is 0.351 e. The van der Waals surface area contributed by atoms with E-state index in [1.807, 2.05) is 0 Å². The van der Waals surface area contributed by atoms with Gasteiger partial charge < -0.3 is 14.8 Å². The first-order valence-electron chi connectivity index (χ1n) is 10.7. The number of amides is 1. The summed E-state index contributed by atoms with van der Waals surface area (Å²) in [6.45, 7) is 2.92. The summed E-state index contributed by atoms with van der Waals surface area (Å²) in [5.74, 6) is -1.09. The van der Waals surface area contributed by atoms with Gasteiger partial charge in [-0.05, 0) is 24.6 Å². The number of anilines is 1. The van der Waals surface area contributed by atoms with Crippen molar-refractivity contribution < 1.29 is 21.1 Å². The van der Waals surface area contributed by atoms with Crippen LogP contribution in [-0.2, 0) is 9.47 Å². The Labute approximate surface area is 159 Å². The van der Waals surface area contributed by atoms with Crippen LogP contribution in [0.4, 0.5) is 5.82 Å². The summed E-state index contributed by atoms with van der Waals surface area (Å²) in [5, 5.41) is 2.52. The molecule has 3 rings (SSSR count). The van der Waals surface area contributed by atoms with Gasteiger partial charge in [0.25, 0.3) is 5.91 Å². The summed E-state index contributed by atoms with van der Waals surface area (Å²) in [4.78, 5) is 28.7. The third-order valence-corrected chi connectivity index (χ3v) is 4.37. The Bertz CT molecular complexity index is 991. The van der Waals surface area contributed by atoms with Gasteiger partial charge >= 0.3 is 5.69 Å². The molecule has 1 aliphatic rings. The molecule has 1 amide bonds. The monoisotopic (exact) mass is 362 g/mol. The number of hydrogen-bond donors (Lipinski definition) is 1. The highest BCUT2D eigenvalue weighted by Crippen LogP contribution is 2.36. The van der Waals surface area contributed by atoms with Crippen molar-refractivity contribution in [1.29, 1.82) is 0 Å². The number of carbonyl (C=O) groups excluding carboxylic acids is 1. The molecule has 2 aromatic rings. The fourth-order valence-corrected chi connectivity index (χ4v) is 2.96. The van der Waals surface area contributed by atoms with Gasteiger partial charge in [-0.1, -0.05) is 32.0 Å². The molecule has 0 spiro atoms. The van der Waals surface area contributed by atoms with E-state index in [0.29, 0.717) is 5.56 Å². The zero-order valence-corrected chi connectivity index (χ0v) is 14.4. The molecule has 0 aliphatic carbocycles. The van der Waals surface area contributed by atoms with Gasteiger partial charge in [-0.15, -0.1) is 0 Å². The molecule has 1 aromatic heterocycles. The summed E-state index contributed by atoms with van der Waals surface area (Å²) >= 11 is 0. The number of aromatic nitrogens is 2. The highest BCUT2D eigenvalue weighted by molar-refractivity contribution is 6.03. The van der Waals surface area contributed by atoms with Crippen molar-refractivity contribution in [3.63, 3.8) is 0 Å². The van der Waals surface area contributed by atoms with E-state index in [1.54, 1.807) is 37.3 Å². The smallest absolute Gasteiger partial charge is 0.351 e. The van der Waals surface area contributed by atoms with Crippen LogP contribution in [-0.4, -0.2) is 34.7 Å². The van der Waals surface area contributed by atoms with Gasteiger partial charge in [-0.25, -0.2) is 4.79 Å². The molecule has 1 aromatic carbocycles. The van der Waals surface area contributed by atoms with Gasteiger partial charge in [-0.3, -0.25) is 9.36 Å². The number of ether oxygens (including phenoxy) is 2. The van der Waals surface area contributed by atoms with Crippen molar-refractivity contribution in [3.8, 4) is 0 Å². The number of nitrogens with one attached hydrogen (secondary N) is 1. The zero-order valence-electron chi connectivity index (χ0n) is 19.4. The molecule has 0 unspecified atom stereocenters. The second-order valence-electron chi connectivity index (χ2n) is 6.00. The van der Waals surface area contributed by atoms with Crippen LogP contribution in [0.1, 0.15) is 43.7 Å². The van der Waals surface area contributed by atoms with Crippen LogP contribution in [0.5, 0.6) is 0 Å². The molecule has 7 nitrogen and oxygen atoms in total. The molecule has 4 atom stereocenters. The molecule has 26 heavy (non-hydrogen) atoms. The van der Waals surface area contributed by atoms with Gasteiger partial charge in [0.05, 0.1) is 10.2 Å². The molecule has 2 heterocycles. The Balaban J connectivity index is 1.87. The van der Waals surface area contributed by atoms with Crippen molar-refractivity contribution in [1.82, 2.24) is 9.55 Å². The number of benzene rings is 1. The van der Waals surface area contributed by atoms with E-state index in [-0.39, 0.29) is 5.82 Å². The minimum Gasteiger partial charge on any atom is -0.376 e. The predicted octanol–water partition coefficient (Wildman–Crippen LogP) is 2.45. The standard InChI is InChI=1S/C19H23N3O4/c1-4-14-12(2)16(25-3)18(26-14)22-11-10-15(21-19(22)24)20-17(23)13-8-6-5-7-9-13/h5-12,14,16,18H,4H2,1-3H3,(H,20,21,23,24)/t12-,14-,16-,18-/m1/s1/i3D3,4D2. The van der Waals surface area contributed by atoms with E-state index in [2.05, 4.69) is 10.3 Å². The third-order valence-electron chi connectivity index (χ3n) is 4.37. The van der Waals surface area contributed by atoms with E-state index in [4.69, 9.17) is 16.3 Å². The highest BCUT2D eigenvalue weighted by atomic mass is 16.6. The van der Waals surface area contributed by atoms with Crippen molar-refractivity contribution >= 4 is 11.7 Å². The normalized spacial score (nSPS) is 29.1. The van der Waals surface area contributed by atoms with Crippen LogP contribution in [0.3, 0.4) is 0 Å². The first-order valence-corrected chi connectivity index (χ1v) is 8.16. The van der Waals surface area contributed by atoms with Gasteiger partial charge in [-0.2, -0.15) is 4.98 Å². The number of carbonyl (C=O) groups is 1. The molecule has 1 aliphatic heterocycles. The van der Waals surface area contributed by atoms with E-state index in [0.717, 1.165) is 4.57 Å². The largest absolute Gasteiger partial charge is 0.376 e. The SMILES string of the molecule is [2H]C([2H])([2H])O[C@@H]1[C@H](C)[C@@H](C([2H])([2H])C)O[C@H]1n1ccc(NC(=O)c2ccccc2)nc1=O. The average molecular weight is 362 g/mol. The van der Waals surface area contributed by atoms with Gasteiger partial charge in [0.1, 0.15) is 11.9 Å². The van der Waals surface area contributed by atoms with E-state index in [1.165, 1.54) is 19.2 Å². The molecule has 0 radical (unpaired) electrons. The Morgan fingerprint density at radius 2 is 2.19 bits per heavy atom. The summed E-state index contributed by atoms with van der Waals surface area (Å²) in [5.41, 5.74) is -0.417. The van der Waals surface area contributed by atoms with Crippen LogP contribution in [0.25, 0.3) is 0 Å². The summed E-state index contributed by atoms with van der Waals surface area (Å²) in [7, 11) is -2.77. The van der Waals surface area contributed by atoms with Gasteiger partial charge in [0.2, 0.25) is 0 Å². The lowest BCUT2D eigenvalue weighted by Crippen LogP contribution is -2.34. The Morgan fingerprint density at radius 1 is 1.42 bits per heavy atom. The molecule has 1 N–H and O–H groups in total. The summed E-state index contributed by atoms with van der Waals surface area (Å²) in [6, 6.07) is 9.76. The molecule has 138 valence electrons. The van der Waals surface area contributed by atoms with E-state index >= 15 is 0 Å². The Morgan fingerprint density at radius 3 is 2.85 bits per heavy atom. The van der Waals surface area contributed by atoms with Gasteiger partial charge in [0, 0.05) is 27.5 Å². The summed E-state index contributed by atoms with van der Waals surface area (Å²) < 4.78 is 50.1. The lowest BCUT2D eigenvalue weighted by atomic mass is 9.98. The third kappa shape index (κ3) is 3.54. The first-order chi connectivity index (χ1) is 14.4. The Kier molecular flexibility index (Phi) is 3.83. The topological polar surface area (TPSA) is 82.4 Å². The van der Waals surface area contributed by atoms with Crippen LogP contribution >= 0.6 is 0 Å².